The molecule has 0 aliphatic heterocycles. The van der Waals surface area contributed by atoms with Crippen LogP contribution in [0.15, 0.2) is 90.7 Å². The van der Waals surface area contributed by atoms with E-state index in [1.54, 1.807) is 14.0 Å². The number of Topliss-reactive ketones (excluding diaryl/α,β-unsaturated/α-hetero) is 1. The Morgan fingerprint density at radius 3 is 1.39 bits per heavy atom. The molecule has 0 aromatic heterocycles. The van der Waals surface area contributed by atoms with Crippen LogP contribution >= 0.6 is 0 Å². The highest BCUT2D eigenvalue weighted by Gasteiger charge is 2.38. The summed E-state index contributed by atoms with van der Waals surface area (Å²) in [6.07, 6.45) is 0. The molecule has 7 rings (SSSR count). The summed E-state index contributed by atoms with van der Waals surface area (Å²) in [5.41, 5.74) is 19.9. The topological polar surface area (TPSA) is 29.5 Å². The maximum Gasteiger partial charge on any atom is 0.163 e. The van der Waals surface area contributed by atoms with Gasteiger partial charge in [-0.1, -0.05) is 88.4 Å². The lowest BCUT2D eigenvalue weighted by Gasteiger charge is -2.33. The molecule has 0 radical (unpaired) electrons. The minimum atomic E-state index is -0.131. The highest BCUT2D eigenvalue weighted by Crippen LogP contribution is 2.54. The molecule has 3 heteroatoms. The summed E-state index contributed by atoms with van der Waals surface area (Å²) in [5, 5.41) is 0. The van der Waals surface area contributed by atoms with E-state index in [4.69, 9.17) is 4.74 Å². The van der Waals surface area contributed by atoms with Crippen molar-refractivity contribution in [1.82, 2.24) is 0 Å². The van der Waals surface area contributed by atoms with Crippen molar-refractivity contribution in [3.05, 3.63) is 141 Å². The molecule has 49 heavy (non-hydrogen) atoms. The molecule has 0 bridgehead atoms. The Kier molecular flexibility index (Phi) is 7.55. The van der Waals surface area contributed by atoms with Gasteiger partial charge in [-0.25, -0.2) is 0 Å². The average Bonchev–Trinajstić information content (AvgIpc) is 3.46. The van der Waals surface area contributed by atoms with Gasteiger partial charge in [0.05, 0.1) is 18.4 Å². The molecule has 5 aromatic carbocycles. The van der Waals surface area contributed by atoms with Gasteiger partial charge in [0.1, 0.15) is 5.76 Å². The minimum Gasteiger partial charge on any atom is -0.501 e. The van der Waals surface area contributed by atoms with E-state index in [-0.39, 0.29) is 16.6 Å². The van der Waals surface area contributed by atoms with Crippen molar-refractivity contribution in [2.45, 2.75) is 80.1 Å². The first kappa shape index (κ1) is 32.6. The zero-order valence-electron chi connectivity index (χ0n) is 30.8. The third-order valence-corrected chi connectivity index (χ3v) is 11.7. The summed E-state index contributed by atoms with van der Waals surface area (Å²) in [7, 11) is 1.64. The largest absolute Gasteiger partial charge is 0.501 e. The molecular weight excluding hydrogens is 599 g/mol. The highest BCUT2D eigenvalue weighted by molar-refractivity contribution is 6.21. The van der Waals surface area contributed by atoms with Crippen molar-refractivity contribution in [2.24, 2.45) is 0 Å². The van der Waals surface area contributed by atoms with Gasteiger partial charge in [0.25, 0.3) is 0 Å². The molecule has 0 N–H and O–H groups in total. The number of carbonyl (C=O) groups is 1. The van der Waals surface area contributed by atoms with Crippen molar-refractivity contribution in [1.29, 1.82) is 0 Å². The lowest BCUT2D eigenvalue weighted by molar-refractivity contribution is -0.111. The van der Waals surface area contributed by atoms with Gasteiger partial charge in [-0.2, -0.15) is 0 Å². The maximum absolute atomic E-state index is 13.1. The second kappa shape index (κ2) is 11.3. The van der Waals surface area contributed by atoms with Crippen molar-refractivity contribution in [3.8, 4) is 22.3 Å². The number of benzene rings is 5. The number of carbonyl (C=O) groups excluding carboxylic acids is 1. The number of ketones is 1. The molecule has 0 saturated heterocycles. The number of hydrogen-bond donors (Lipinski definition) is 0. The quantitative estimate of drug-likeness (QED) is 0.136. The van der Waals surface area contributed by atoms with Crippen molar-refractivity contribution in [3.63, 3.8) is 0 Å². The molecule has 2 aliphatic rings. The fourth-order valence-corrected chi connectivity index (χ4v) is 8.78. The van der Waals surface area contributed by atoms with E-state index in [1.807, 2.05) is 6.92 Å². The summed E-state index contributed by atoms with van der Waals surface area (Å²) in [6, 6.07) is 31.7. The van der Waals surface area contributed by atoms with E-state index in [0.717, 1.165) is 44.9 Å². The van der Waals surface area contributed by atoms with Crippen LogP contribution < -0.4 is 4.90 Å². The Labute approximate surface area is 292 Å². The molecular formula is C46H47NO2. The van der Waals surface area contributed by atoms with Crippen LogP contribution in [0.5, 0.6) is 0 Å². The van der Waals surface area contributed by atoms with Crippen LogP contribution in [0.1, 0.15) is 91.6 Å². The second-order valence-corrected chi connectivity index (χ2v) is 15.1. The molecule has 0 saturated carbocycles. The van der Waals surface area contributed by atoms with Gasteiger partial charge < -0.3 is 9.64 Å². The first-order valence-electron chi connectivity index (χ1n) is 17.4. The Bertz CT molecular complexity index is 2110. The number of nitrogens with zero attached hydrogens (tertiary/aromatic N) is 1. The number of rotatable bonds is 6. The van der Waals surface area contributed by atoms with Gasteiger partial charge in [0, 0.05) is 22.2 Å². The van der Waals surface area contributed by atoms with Crippen molar-refractivity contribution >= 4 is 28.4 Å². The Morgan fingerprint density at radius 1 is 0.571 bits per heavy atom. The monoisotopic (exact) mass is 645 g/mol. The van der Waals surface area contributed by atoms with E-state index in [1.165, 1.54) is 44.5 Å². The predicted octanol–water partition coefficient (Wildman–Crippen LogP) is 12.0. The van der Waals surface area contributed by atoms with Gasteiger partial charge in [-0.3, -0.25) is 4.79 Å². The fraction of sp³-hybridized carbons (Fsp3) is 0.283. The van der Waals surface area contributed by atoms with Gasteiger partial charge in [0.15, 0.2) is 5.78 Å². The Balaban J connectivity index is 1.51. The van der Waals surface area contributed by atoms with Crippen LogP contribution in [-0.2, 0) is 20.4 Å². The number of ether oxygens (including phenoxy) is 1. The summed E-state index contributed by atoms with van der Waals surface area (Å²) >= 11 is 0. The van der Waals surface area contributed by atoms with Gasteiger partial charge >= 0.3 is 0 Å². The lowest BCUT2D eigenvalue weighted by atomic mass is 9.81. The van der Waals surface area contributed by atoms with Gasteiger partial charge in [0.2, 0.25) is 0 Å². The molecule has 0 spiro atoms. The van der Waals surface area contributed by atoms with E-state index >= 15 is 0 Å². The summed E-state index contributed by atoms with van der Waals surface area (Å²) in [4.78, 5) is 15.6. The van der Waals surface area contributed by atoms with E-state index in [0.29, 0.717) is 11.3 Å². The number of hydrogen-bond acceptors (Lipinski definition) is 3. The normalized spacial score (nSPS) is 15.2. The molecule has 0 amide bonds. The van der Waals surface area contributed by atoms with Gasteiger partial charge in [-0.15, -0.1) is 0 Å². The zero-order valence-corrected chi connectivity index (χ0v) is 30.8. The fourth-order valence-electron chi connectivity index (χ4n) is 8.78. The van der Waals surface area contributed by atoms with Crippen molar-refractivity contribution in [2.75, 3.05) is 12.0 Å². The second-order valence-electron chi connectivity index (χ2n) is 15.1. The molecule has 0 atom stereocenters. The Hall–Kier alpha value is -4.89. The highest BCUT2D eigenvalue weighted by atomic mass is 16.5. The van der Waals surface area contributed by atoms with E-state index in [2.05, 4.69) is 145 Å². The number of allylic oxidation sites excluding steroid dienone is 2. The van der Waals surface area contributed by atoms with Crippen LogP contribution in [-0.4, -0.2) is 12.9 Å². The molecule has 0 fully saturated rings. The van der Waals surface area contributed by atoms with Crippen LogP contribution in [0.2, 0.25) is 0 Å². The number of methoxy groups -OCH3 is 1. The lowest BCUT2D eigenvalue weighted by Crippen LogP contribution is -2.20. The van der Waals surface area contributed by atoms with Crippen LogP contribution in [0.4, 0.5) is 17.1 Å². The van der Waals surface area contributed by atoms with Crippen molar-refractivity contribution < 1.29 is 9.53 Å². The van der Waals surface area contributed by atoms with Crippen LogP contribution in [0.25, 0.3) is 27.8 Å². The van der Waals surface area contributed by atoms with E-state index in [9.17, 15) is 4.79 Å². The summed E-state index contributed by atoms with van der Waals surface area (Å²) < 4.78 is 5.66. The summed E-state index contributed by atoms with van der Waals surface area (Å²) in [5.74, 6) is 0.651. The van der Waals surface area contributed by atoms with E-state index < -0.39 is 0 Å². The average molecular weight is 646 g/mol. The van der Waals surface area contributed by atoms with Gasteiger partial charge in [-0.05, 0) is 138 Å². The Morgan fingerprint density at radius 2 is 0.980 bits per heavy atom. The molecule has 2 aliphatic carbocycles. The summed E-state index contributed by atoms with van der Waals surface area (Å²) in [6.45, 7) is 21.6. The molecule has 0 unspecified atom stereocenters. The minimum absolute atomic E-state index is 0.00907. The third-order valence-electron chi connectivity index (χ3n) is 11.7. The number of anilines is 3. The molecule has 248 valence electrons. The number of fused-ring (bicyclic) bond motifs is 6. The molecule has 0 heterocycles. The predicted molar refractivity (Wildman–Crippen MR) is 205 cm³/mol. The third kappa shape index (κ3) is 4.65. The molecule has 5 aromatic rings. The standard InChI is InChI=1S/C46H47NO2/c1-26-28(3)44(29(4)27(2)42(26)43(30(5)48)31(6)49-11)47(32-20-22-36-34-16-12-14-18-38(34)45(7,8)40(36)24-32)33-21-23-37-35-17-13-15-19-39(35)46(9,10)41(37)25-33/h12-25H,1-11H3/b43-31+. The first-order valence-corrected chi connectivity index (χ1v) is 17.4. The smallest absolute Gasteiger partial charge is 0.163 e. The van der Waals surface area contributed by atoms with Crippen LogP contribution in [0, 0.1) is 27.7 Å². The van der Waals surface area contributed by atoms with Crippen LogP contribution in [0.3, 0.4) is 0 Å². The first-order chi connectivity index (χ1) is 23.2. The molecule has 3 nitrogen and oxygen atoms in total. The SMILES string of the molecule is CO/C(C)=C(\C(C)=O)c1c(C)c(C)c(N(c2ccc3c(c2)C(C)(C)c2ccccc2-3)c2ccc3c(c2)C(C)(C)c2ccccc2-3)c(C)c1C. The zero-order chi connectivity index (χ0) is 35.2. The maximum atomic E-state index is 13.1.